The van der Waals surface area contributed by atoms with Gasteiger partial charge in [-0.05, 0) is 42.5 Å². The van der Waals surface area contributed by atoms with Crippen molar-refractivity contribution < 1.29 is 14.3 Å². The predicted octanol–water partition coefficient (Wildman–Crippen LogP) is 4.19. The van der Waals surface area contributed by atoms with Crippen molar-refractivity contribution in [2.75, 3.05) is 5.32 Å². The fourth-order valence-electron chi connectivity index (χ4n) is 2.52. The molecule has 0 fully saturated rings. The third-order valence-electron chi connectivity index (χ3n) is 4.30. The van der Waals surface area contributed by atoms with Gasteiger partial charge in [-0.3, -0.25) is 4.79 Å². The molecule has 5 nitrogen and oxygen atoms in total. The Bertz CT molecular complexity index is 757. The summed E-state index contributed by atoms with van der Waals surface area (Å²) in [6, 6.07) is 14.5. The lowest BCUT2D eigenvalue weighted by molar-refractivity contribution is -0.119. The van der Waals surface area contributed by atoms with Gasteiger partial charge in [0.05, 0.1) is 0 Å². The lowest BCUT2D eigenvalue weighted by Gasteiger charge is -2.22. The number of carbonyl (C=O) groups excluding carboxylic acids is 2. The second-order valence-electron chi connectivity index (χ2n) is 6.66. The van der Waals surface area contributed by atoms with Gasteiger partial charge < -0.3 is 15.4 Å². The number of rotatable bonds is 6. The molecule has 2 amide bonds. The number of benzene rings is 2. The highest BCUT2D eigenvalue weighted by Crippen LogP contribution is 2.19. The van der Waals surface area contributed by atoms with Gasteiger partial charge in [-0.15, -0.1) is 0 Å². The largest absolute Gasteiger partial charge is 0.445 e. The summed E-state index contributed by atoms with van der Waals surface area (Å²) < 4.78 is 5.22. The molecule has 0 saturated carbocycles. The molecule has 2 N–H and O–H groups in total. The summed E-state index contributed by atoms with van der Waals surface area (Å²) in [5, 5.41) is 5.57. The summed E-state index contributed by atoms with van der Waals surface area (Å²) in [7, 11) is 0. The van der Waals surface area contributed by atoms with Crippen molar-refractivity contribution in [1.82, 2.24) is 5.32 Å². The number of aryl methyl sites for hydroxylation is 1. The van der Waals surface area contributed by atoms with Gasteiger partial charge in [0.15, 0.2) is 0 Å². The van der Waals surface area contributed by atoms with Crippen molar-refractivity contribution in [3.8, 4) is 0 Å². The summed E-state index contributed by atoms with van der Waals surface area (Å²) >= 11 is 0. The minimum absolute atomic E-state index is 0.0793. The zero-order valence-electron chi connectivity index (χ0n) is 15.7. The smallest absolute Gasteiger partial charge is 0.408 e. The van der Waals surface area contributed by atoms with E-state index in [-0.39, 0.29) is 18.4 Å². The molecule has 2 aromatic carbocycles. The van der Waals surface area contributed by atoms with Crippen LogP contribution in [0.15, 0.2) is 48.5 Å². The highest BCUT2D eigenvalue weighted by atomic mass is 16.5. The Hall–Kier alpha value is -2.82. The van der Waals surface area contributed by atoms with Crippen LogP contribution in [0, 0.1) is 19.8 Å². The summed E-state index contributed by atoms with van der Waals surface area (Å²) in [5.41, 5.74) is 3.75. The SMILES string of the molecule is Cc1cccc(NC(=O)C(NC(=O)OCc2ccccc2)C(C)C)c1C. The van der Waals surface area contributed by atoms with Crippen molar-refractivity contribution in [3.63, 3.8) is 0 Å². The van der Waals surface area contributed by atoms with E-state index >= 15 is 0 Å². The summed E-state index contributed by atoms with van der Waals surface area (Å²) in [6.45, 7) is 7.87. The van der Waals surface area contributed by atoms with Crippen LogP contribution in [0.1, 0.15) is 30.5 Å². The van der Waals surface area contributed by atoms with E-state index in [4.69, 9.17) is 4.74 Å². The minimum Gasteiger partial charge on any atom is -0.445 e. The Balaban J connectivity index is 1.97. The summed E-state index contributed by atoms with van der Waals surface area (Å²) in [4.78, 5) is 24.7. The number of carbonyl (C=O) groups is 2. The molecule has 138 valence electrons. The number of alkyl carbamates (subject to hydrolysis) is 1. The van der Waals surface area contributed by atoms with Crippen molar-refractivity contribution >= 4 is 17.7 Å². The molecular weight excluding hydrogens is 328 g/mol. The van der Waals surface area contributed by atoms with E-state index in [1.54, 1.807) is 0 Å². The average molecular weight is 354 g/mol. The van der Waals surface area contributed by atoms with E-state index in [2.05, 4.69) is 10.6 Å². The lowest BCUT2D eigenvalue weighted by Crippen LogP contribution is -2.47. The van der Waals surface area contributed by atoms with Gasteiger partial charge in [-0.2, -0.15) is 0 Å². The summed E-state index contributed by atoms with van der Waals surface area (Å²) in [6.07, 6.45) is -0.608. The highest BCUT2D eigenvalue weighted by molar-refractivity contribution is 5.97. The summed E-state index contributed by atoms with van der Waals surface area (Å²) in [5.74, 6) is -0.338. The zero-order chi connectivity index (χ0) is 19.1. The maximum absolute atomic E-state index is 12.6. The molecule has 26 heavy (non-hydrogen) atoms. The standard InChI is InChI=1S/C21H26N2O3/c1-14(2)19(20(24)22-18-12-8-9-15(3)16(18)4)23-21(25)26-13-17-10-6-5-7-11-17/h5-12,14,19H,13H2,1-4H3,(H,22,24)(H,23,25). The quantitative estimate of drug-likeness (QED) is 0.817. The van der Waals surface area contributed by atoms with Gasteiger partial charge in [0.25, 0.3) is 0 Å². The van der Waals surface area contributed by atoms with Crippen molar-refractivity contribution in [3.05, 3.63) is 65.2 Å². The topological polar surface area (TPSA) is 67.4 Å². The van der Waals surface area contributed by atoms with Gasteiger partial charge in [-0.25, -0.2) is 4.79 Å². The molecule has 5 heteroatoms. The van der Waals surface area contributed by atoms with Gasteiger partial charge in [0.2, 0.25) is 5.91 Å². The molecule has 1 atom stereocenters. The van der Waals surface area contributed by atoms with E-state index in [0.29, 0.717) is 0 Å². The number of hydrogen-bond acceptors (Lipinski definition) is 3. The highest BCUT2D eigenvalue weighted by Gasteiger charge is 2.25. The second kappa shape index (κ2) is 9.04. The molecule has 2 rings (SSSR count). The van der Waals surface area contributed by atoms with Crippen LogP contribution in [0.25, 0.3) is 0 Å². The molecule has 2 aromatic rings. The Kier molecular flexibility index (Phi) is 6.78. The molecule has 0 spiro atoms. The van der Waals surface area contributed by atoms with Crippen LogP contribution >= 0.6 is 0 Å². The molecule has 0 heterocycles. The third kappa shape index (κ3) is 5.34. The maximum atomic E-state index is 12.6. The molecule has 0 saturated heterocycles. The second-order valence-corrected chi connectivity index (χ2v) is 6.66. The molecule has 0 aliphatic carbocycles. The van der Waals surface area contributed by atoms with Crippen LogP contribution in [0.3, 0.4) is 0 Å². The molecule has 0 radical (unpaired) electrons. The first-order chi connectivity index (χ1) is 12.4. The van der Waals surface area contributed by atoms with Gasteiger partial charge >= 0.3 is 6.09 Å². The number of amides is 2. The monoisotopic (exact) mass is 354 g/mol. The fraction of sp³-hybridized carbons (Fsp3) is 0.333. The van der Waals surface area contributed by atoms with Crippen molar-refractivity contribution in [2.45, 2.75) is 40.3 Å². The lowest BCUT2D eigenvalue weighted by atomic mass is 10.0. The van der Waals surface area contributed by atoms with E-state index in [1.807, 2.05) is 76.2 Å². The number of nitrogens with one attached hydrogen (secondary N) is 2. The number of anilines is 1. The molecule has 0 bridgehead atoms. The average Bonchev–Trinajstić information content (AvgIpc) is 2.62. The van der Waals surface area contributed by atoms with Gasteiger partial charge in [-0.1, -0.05) is 56.3 Å². The van der Waals surface area contributed by atoms with E-state index < -0.39 is 12.1 Å². The Morgan fingerprint density at radius 2 is 1.69 bits per heavy atom. The Labute approximate surface area is 154 Å². The molecule has 0 aliphatic rings. The third-order valence-corrected chi connectivity index (χ3v) is 4.30. The predicted molar refractivity (Wildman–Crippen MR) is 103 cm³/mol. The first kappa shape index (κ1) is 19.5. The van der Waals surface area contributed by atoms with E-state index in [0.717, 1.165) is 22.4 Å². The van der Waals surface area contributed by atoms with Crippen LogP contribution < -0.4 is 10.6 Å². The van der Waals surface area contributed by atoms with Gasteiger partial charge in [0, 0.05) is 5.69 Å². The normalized spacial score (nSPS) is 11.7. The first-order valence-corrected chi connectivity index (χ1v) is 8.72. The van der Waals surface area contributed by atoms with E-state index in [1.165, 1.54) is 0 Å². The fourth-order valence-corrected chi connectivity index (χ4v) is 2.52. The zero-order valence-corrected chi connectivity index (χ0v) is 15.7. The first-order valence-electron chi connectivity index (χ1n) is 8.72. The van der Waals surface area contributed by atoms with Crippen LogP contribution in [0.4, 0.5) is 10.5 Å². The molecule has 0 aliphatic heterocycles. The van der Waals surface area contributed by atoms with Gasteiger partial charge in [0.1, 0.15) is 12.6 Å². The minimum atomic E-state index is -0.682. The van der Waals surface area contributed by atoms with E-state index in [9.17, 15) is 9.59 Å². The number of ether oxygens (including phenoxy) is 1. The molecule has 1 unspecified atom stereocenters. The maximum Gasteiger partial charge on any atom is 0.408 e. The molecule has 0 aromatic heterocycles. The Morgan fingerprint density at radius 1 is 1.00 bits per heavy atom. The van der Waals surface area contributed by atoms with Crippen molar-refractivity contribution in [1.29, 1.82) is 0 Å². The molecular formula is C21H26N2O3. The van der Waals surface area contributed by atoms with Crippen molar-refractivity contribution in [2.24, 2.45) is 5.92 Å². The van der Waals surface area contributed by atoms with Crippen LogP contribution in [0.2, 0.25) is 0 Å². The van der Waals surface area contributed by atoms with Crippen LogP contribution in [0.5, 0.6) is 0 Å². The van der Waals surface area contributed by atoms with Crippen LogP contribution in [-0.4, -0.2) is 18.0 Å². The van der Waals surface area contributed by atoms with Crippen LogP contribution in [-0.2, 0) is 16.1 Å². The Morgan fingerprint density at radius 3 is 2.35 bits per heavy atom. The number of hydrogen-bond donors (Lipinski definition) is 2.